The van der Waals surface area contributed by atoms with E-state index in [1.807, 2.05) is 0 Å². The van der Waals surface area contributed by atoms with Crippen molar-refractivity contribution in [1.82, 2.24) is 0 Å². The van der Waals surface area contributed by atoms with Gasteiger partial charge in [-0.15, -0.1) is 11.8 Å². The van der Waals surface area contributed by atoms with Gasteiger partial charge in [0.25, 0.3) is 0 Å². The number of halogens is 3. The third kappa shape index (κ3) is 3.53. The van der Waals surface area contributed by atoms with Gasteiger partial charge in [-0.05, 0) is 31.2 Å². The highest BCUT2D eigenvalue weighted by molar-refractivity contribution is 8.00. The van der Waals surface area contributed by atoms with Gasteiger partial charge in [-0.2, -0.15) is 0 Å². The summed E-state index contributed by atoms with van der Waals surface area (Å²) in [7, 11) is 0. The summed E-state index contributed by atoms with van der Waals surface area (Å²) in [5, 5.41) is -0.0600. The number of hydrogen-bond donors (Lipinski definition) is 0. The molecule has 0 aromatic heterocycles. The molecule has 13 heavy (non-hydrogen) atoms. The maximum atomic E-state index is 12.1. The fraction of sp³-hybridized carbons (Fsp3) is 0.333. The molecule has 1 unspecified atom stereocenters. The molecule has 0 N–H and O–H groups in total. The summed E-state index contributed by atoms with van der Waals surface area (Å²) in [6.07, 6.45) is -2.29. The van der Waals surface area contributed by atoms with Crippen molar-refractivity contribution in [1.29, 1.82) is 0 Å². The molecule has 0 nitrogen and oxygen atoms in total. The van der Waals surface area contributed by atoms with Crippen LogP contribution in [0.15, 0.2) is 29.2 Å². The first-order chi connectivity index (χ1) is 6.09. The van der Waals surface area contributed by atoms with Crippen molar-refractivity contribution < 1.29 is 8.78 Å². The SMILES string of the molecule is CC(Sc1ccc(Cl)cc1)C(F)F. The van der Waals surface area contributed by atoms with E-state index < -0.39 is 11.7 Å². The molecule has 1 atom stereocenters. The van der Waals surface area contributed by atoms with Crippen LogP contribution in [0, 0.1) is 0 Å². The molecule has 72 valence electrons. The van der Waals surface area contributed by atoms with Crippen LogP contribution in [0.4, 0.5) is 8.78 Å². The van der Waals surface area contributed by atoms with Crippen LogP contribution < -0.4 is 0 Å². The number of alkyl halides is 2. The fourth-order valence-electron chi connectivity index (χ4n) is 0.779. The summed E-state index contributed by atoms with van der Waals surface area (Å²) in [5.74, 6) is 0. The highest BCUT2D eigenvalue weighted by atomic mass is 35.5. The molecule has 1 rings (SSSR count). The van der Waals surface area contributed by atoms with Crippen molar-refractivity contribution in [2.45, 2.75) is 23.5 Å². The van der Waals surface area contributed by atoms with E-state index in [1.165, 1.54) is 6.92 Å². The van der Waals surface area contributed by atoms with E-state index >= 15 is 0 Å². The van der Waals surface area contributed by atoms with E-state index in [0.717, 1.165) is 16.7 Å². The Hall–Kier alpha value is -0.280. The molecule has 0 aliphatic carbocycles. The van der Waals surface area contributed by atoms with Crippen LogP contribution >= 0.6 is 23.4 Å². The molecular formula is C9H9ClF2S. The highest BCUT2D eigenvalue weighted by Crippen LogP contribution is 2.27. The van der Waals surface area contributed by atoms with Crippen molar-refractivity contribution in [2.75, 3.05) is 0 Å². The average molecular weight is 223 g/mol. The molecular weight excluding hydrogens is 214 g/mol. The third-order valence-corrected chi connectivity index (χ3v) is 2.86. The zero-order chi connectivity index (χ0) is 9.84. The van der Waals surface area contributed by atoms with Gasteiger partial charge >= 0.3 is 0 Å². The summed E-state index contributed by atoms with van der Waals surface area (Å²) >= 11 is 6.81. The first kappa shape index (κ1) is 10.8. The zero-order valence-corrected chi connectivity index (χ0v) is 8.58. The molecule has 0 spiro atoms. The lowest BCUT2D eigenvalue weighted by Gasteiger charge is -2.09. The maximum Gasteiger partial charge on any atom is 0.250 e. The predicted octanol–water partition coefficient (Wildman–Crippen LogP) is 4.09. The van der Waals surface area contributed by atoms with Crippen molar-refractivity contribution in [3.63, 3.8) is 0 Å². The molecule has 0 amide bonds. The van der Waals surface area contributed by atoms with E-state index in [-0.39, 0.29) is 0 Å². The quantitative estimate of drug-likeness (QED) is 0.695. The predicted molar refractivity (Wildman–Crippen MR) is 52.8 cm³/mol. The minimum Gasteiger partial charge on any atom is -0.209 e. The largest absolute Gasteiger partial charge is 0.250 e. The zero-order valence-electron chi connectivity index (χ0n) is 7.01. The van der Waals surface area contributed by atoms with Crippen molar-refractivity contribution in [2.24, 2.45) is 0 Å². The maximum absolute atomic E-state index is 12.1. The molecule has 0 heterocycles. The van der Waals surface area contributed by atoms with E-state index in [2.05, 4.69) is 0 Å². The Morgan fingerprint density at radius 3 is 2.23 bits per heavy atom. The lowest BCUT2D eigenvalue weighted by molar-refractivity contribution is 0.150. The average Bonchev–Trinajstić information content (AvgIpc) is 2.08. The first-order valence-electron chi connectivity index (χ1n) is 3.80. The van der Waals surface area contributed by atoms with Gasteiger partial charge < -0.3 is 0 Å². The first-order valence-corrected chi connectivity index (χ1v) is 5.05. The minimum atomic E-state index is -2.29. The molecule has 0 aliphatic rings. The second-order valence-corrected chi connectivity index (χ2v) is 4.50. The highest BCUT2D eigenvalue weighted by Gasteiger charge is 2.15. The fourth-order valence-corrected chi connectivity index (χ4v) is 1.73. The molecule has 1 aromatic rings. The summed E-state index contributed by atoms with van der Waals surface area (Å²) in [5.41, 5.74) is 0. The molecule has 0 radical (unpaired) electrons. The van der Waals surface area contributed by atoms with Gasteiger partial charge in [0.05, 0.1) is 5.25 Å². The van der Waals surface area contributed by atoms with Gasteiger partial charge in [-0.3, -0.25) is 0 Å². The Balaban J connectivity index is 2.59. The van der Waals surface area contributed by atoms with E-state index in [0.29, 0.717) is 5.02 Å². The van der Waals surface area contributed by atoms with Crippen molar-refractivity contribution >= 4 is 23.4 Å². The third-order valence-electron chi connectivity index (χ3n) is 1.49. The van der Waals surface area contributed by atoms with Crippen LogP contribution in [0.1, 0.15) is 6.92 Å². The normalized spacial score (nSPS) is 13.3. The van der Waals surface area contributed by atoms with E-state index in [4.69, 9.17) is 11.6 Å². The second kappa shape index (κ2) is 4.82. The molecule has 0 saturated heterocycles. The Morgan fingerprint density at radius 1 is 1.23 bits per heavy atom. The minimum absolute atomic E-state index is 0.619. The number of hydrogen-bond acceptors (Lipinski definition) is 1. The Morgan fingerprint density at radius 2 is 1.77 bits per heavy atom. The Labute approximate surface area is 85.3 Å². The summed E-state index contributed by atoms with van der Waals surface area (Å²) < 4.78 is 24.3. The van der Waals surface area contributed by atoms with Gasteiger partial charge in [-0.25, -0.2) is 8.78 Å². The van der Waals surface area contributed by atoms with Gasteiger partial charge in [0.15, 0.2) is 0 Å². The lowest BCUT2D eigenvalue weighted by Crippen LogP contribution is -2.07. The van der Waals surface area contributed by atoms with Crippen LogP contribution in [0.25, 0.3) is 0 Å². The Bertz CT molecular complexity index is 261. The molecule has 4 heteroatoms. The van der Waals surface area contributed by atoms with Gasteiger partial charge in [-0.1, -0.05) is 11.6 Å². The summed E-state index contributed by atoms with van der Waals surface area (Å²) in [6, 6.07) is 6.88. The Kier molecular flexibility index (Phi) is 4.00. The van der Waals surface area contributed by atoms with E-state index in [1.54, 1.807) is 24.3 Å². The number of benzene rings is 1. The lowest BCUT2D eigenvalue weighted by atomic mass is 10.4. The van der Waals surface area contributed by atoms with Crippen LogP contribution in [0.5, 0.6) is 0 Å². The standard InChI is InChI=1S/C9H9ClF2S/c1-6(9(11)12)13-8-4-2-7(10)3-5-8/h2-6,9H,1H3. The van der Waals surface area contributed by atoms with Crippen molar-refractivity contribution in [3.05, 3.63) is 29.3 Å². The number of thioether (sulfide) groups is 1. The van der Waals surface area contributed by atoms with Gasteiger partial charge in [0, 0.05) is 9.92 Å². The van der Waals surface area contributed by atoms with E-state index in [9.17, 15) is 8.78 Å². The van der Waals surface area contributed by atoms with Crippen LogP contribution in [-0.4, -0.2) is 11.7 Å². The summed E-state index contributed by atoms with van der Waals surface area (Å²) in [4.78, 5) is 0.817. The number of rotatable bonds is 3. The van der Waals surface area contributed by atoms with Gasteiger partial charge in [0.1, 0.15) is 0 Å². The smallest absolute Gasteiger partial charge is 0.209 e. The topological polar surface area (TPSA) is 0 Å². The molecule has 0 bridgehead atoms. The van der Waals surface area contributed by atoms with Crippen LogP contribution in [-0.2, 0) is 0 Å². The van der Waals surface area contributed by atoms with Crippen molar-refractivity contribution in [3.8, 4) is 0 Å². The second-order valence-electron chi connectivity index (χ2n) is 2.61. The molecule has 0 aliphatic heterocycles. The van der Waals surface area contributed by atoms with Crippen LogP contribution in [0.3, 0.4) is 0 Å². The molecule has 0 fully saturated rings. The summed E-state index contributed by atoms with van der Waals surface area (Å²) in [6.45, 7) is 1.50. The van der Waals surface area contributed by atoms with Crippen LogP contribution in [0.2, 0.25) is 5.02 Å². The van der Waals surface area contributed by atoms with Gasteiger partial charge in [0.2, 0.25) is 6.43 Å². The molecule has 0 saturated carbocycles. The molecule has 1 aromatic carbocycles. The monoisotopic (exact) mass is 222 g/mol.